The summed E-state index contributed by atoms with van der Waals surface area (Å²) < 4.78 is 23.1. The van der Waals surface area contributed by atoms with Gasteiger partial charge in [-0.2, -0.15) is 20.5 Å². The van der Waals surface area contributed by atoms with Gasteiger partial charge in [0.15, 0.2) is 12.0 Å². The fourth-order valence-electron chi connectivity index (χ4n) is 7.29. The van der Waals surface area contributed by atoms with Gasteiger partial charge in [0.25, 0.3) is 0 Å². The highest BCUT2D eigenvalue weighted by molar-refractivity contribution is 6.02. The maximum absolute atomic E-state index is 16.7. The lowest BCUT2D eigenvalue weighted by molar-refractivity contribution is 0.108. The molecule has 3 fully saturated rings. The molecular weight excluding hydrogens is 555 g/mol. The normalized spacial score (nSPS) is 19.5. The number of ether oxygens (including phenoxy) is 1. The maximum Gasteiger partial charge on any atom is 0.319 e. The van der Waals surface area contributed by atoms with Crippen molar-refractivity contribution in [1.82, 2.24) is 24.8 Å². The highest BCUT2D eigenvalue weighted by Crippen LogP contribution is 2.40. The Morgan fingerprint density at radius 1 is 1.05 bits per heavy atom. The SMILES string of the molecule is C#Cc1cccc2cccc(-c3ncc4c(N5CCN(C#N)C(CC#N)C5)nc(OCC56CCCN5CCC6)nc4c3F)c12. The lowest BCUT2D eigenvalue weighted by Gasteiger charge is -2.38. The van der Waals surface area contributed by atoms with E-state index < -0.39 is 5.82 Å². The highest BCUT2D eigenvalue weighted by Gasteiger charge is 2.45. The van der Waals surface area contributed by atoms with Crippen LogP contribution in [0.25, 0.3) is 32.9 Å². The van der Waals surface area contributed by atoms with E-state index in [2.05, 4.69) is 33.1 Å². The zero-order valence-corrected chi connectivity index (χ0v) is 24.3. The molecule has 220 valence electrons. The molecule has 0 spiro atoms. The van der Waals surface area contributed by atoms with E-state index in [1.807, 2.05) is 41.3 Å². The summed E-state index contributed by atoms with van der Waals surface area (Å²) in [5.74, 6) is 2.63. The molecule has 0 amide bonds. The molecule has 9 nitrogen and oxygen atoms in total. The van der Waals surface area contributed by atoms with Crippen LogP contribution in [0.4, 0.5) is 10.2 Å². The van der Waals surface area contributed by atoms with Gasteiger partial charge in [0.05, 0.1) is 29.5 Å². The number of hydrogen-bond acceptors (Lipinski definition) is 9. The molecule has 4 aromatic rings. The number of pyridine rings is 1. The Kier molecular flexibility index (Phi) is 7.12. The quantitative estimate of drug-likeness (QED) is 0.231. The van der Waals surface area contributed by atoms with E-state index >= 15 is 4.39 Å². The van der Waals surface area contributed by atoms with Gasteiger partial charge < -0.3 is 14.5 Å². The van der Waals surface area contributed by atoms with Crippen LogP contribution in [0.5, 0.6) is 6.01 Å². The molecule has 0 radical (unpaired) electrons. The summed E-state index contributed by atoms with van der Waals surface area (Å²) in [5, 5.41) is 21.1. The third-order valence-corrected chi connectivity index (χ3v) is 9.48. The van der Waals surface area contributed by atoms with E-state index in [4.69, 9.17) is 16.1 Å². The zero-order valence-electron chi connectivity index (χ0n) is 24.3. The Balaban J connectivity index is 1.35. The Morgan fingerprint density at radius 2 is 1.84 bits per heavy atom. The number of terminal acetylenes is 1. The molecule has 3 aliphatic rings. The lowest BCUT2D eigenvalue weighted by atomic mass is 9.95. The van der Waals surface area contributed by atoms with E-state index in [-0.39, 0.29) is 35.2 Å². The molecule has 7 rings (SSSR count). The molecular formula is C34H31FN8O. The number of fused-ring (bicyclic) bond motifs is 3. The van der Waals surface area contributed by atoms with Gasteiger partial charge >= 0.3 is 6.01 Å². The van der Waals surface area contributed by atoms with Crippen molar-refractivity contribution in [2.75, 3.05) is 44.2 Å². The van der Waals surface area contributed by atoms with Crippen LogP contribution in [0.15, 0.2) is 42.6 Å². The summed E-state index contributed by atoms with van der Waals surface area (Å²) in [6, 6.07) is 13.3. The van der Waals surface area contributed by atoms with Crippen molar-refractivity contribution in [2.24, 2.45) is 0 Å². The van der Waals surface area contributed by atoms with Crippen LogP contribution in [-0.2, 0) is 0 Å². The van der Waals surface area contributed by atoms with Crippen molar-refractivity contribution in [2.45, 2.75) is 43.7 Å². The van der Waals surface area contributed by atoms with Gasteiger partial charge in [0.1, 0.15) is 23.6 Å². The number of rotatable bonds is 6. The number of nitriles is 2. The molecule has 1 unspecified atom stereocenters. The van der Waals surface area contributed by atoms with Gasteiger partial charge in [-0.05, 0) is 50.2 Å². The van der Waals surface area contributed by atoms with E-state index in [1.165, 1.54) is 0 Å². The first-order valence-corrected chi connectivity index (χ1v) is 15.1. The summed E-state index contributed by atoms with van der Waals surface area (Å²) in [6.07, 6.45) is 14.2. The van der Waals surface area contributed by atoms with Crippen LogP contribution in [0.2, 0.25) is 0 Å². The number of halogens is 1. The van der Waals surface area contributed by atoms with Gasteiger partial charge in [0, 0.05) is 42.3 Å². The predicted octanol–water partition coefficient (Wildman–Crippen LogP) is 4.86. The monoisotopic (exact) mass is 586 g/mol. The molecule has 10 heteroatoms. The Hall–Kier alpha value is -4.98. The first-order chi connectivity index (χ1) is 21.5. The van der Waals surface area contributed by atoms with E-state index in [9.17, 15) is 10.5 Å². The summed E-state index contributed by atoms with van der Waals surface area (Å²) in [6.45, 7) is 3.82. The van der Waals surface area contributed by atoms with Crippen LogP contribution in [0.1, 0.15) is 37.7 Å². The first kappa shape index (κ1) is 27.8. The molecule has 0 aliphatic carbocycles. The molecule has 0 saturated carbocycles. The van der Waals surface area contributed by atoms with E-state index in [0.29, 0.717) is 48.6 Å². The third kappa shape index (κ3) is 4.61. The number of anilines is 1. The summed E-state index contributed by atoms with van der Waals surface area (Å²) in [4.78, 5) is 20.2. The van der Waals surface area contributed by atoms with Gasteiger partial charge in [-0.3, -0.25) is 9.88 Å². The van der Waals surface area contributed by atoms with E-state index in [0.717, 1.165) is 49.5 Å². The number of aromatic nitrogens is 3. The second kappa shape index (κ2) is 11.3. The van der Waals surface area contributed by atoms with Crippen molar-refractivity contribution in [3.8, 4) is 41.9 Å². The van der Waals surface area contributed by atoms with Crippen LogP contribution in [-0.4, -0.2) is 75.7 Å². The number of nitrogens with zero attached hydrogens (tertiary/aromatic N) is 8. The van der Waals surface area contributed by atoms with Crippen molar-refractivity contribution in [1.29, 1.82) is 10.5 Å². The minimum atomic E-state index is -0.582. The van der Waals surface area contributed by atoms with Gasteiger partial charge in [-0.1, -0.05) is 36.3 Å². The first-order valence-electron chi connectivity index (χ1n) is 15.1. The largest absolute Gasteiger partial charge is 0.461 e. The molecule has 3 aliphatic heterocycles. The number of piperazine rings is 1. The standard InChI is InChI=1S/C34H31FN8O/c1-2-23-7-3-8-24-9-4-10-26(28(23)24)30-29(35)31-27(19-38-30)32(41-17-18-42(22-37)25(20-41)11-14-36)40-33(39-31)44-21-34-12-5-15-43(34)16-6-13-34/h1,3-4,7-10,19,25H,5-6,11-13,15-18,20-21H2. The molecule has 5 heterocycles. The van der Waals surface area contributed by atoms with Gasteiger partial charge in [0.2, 0.25) is 0 Å². The third-order valence-electron chi connectivity index (χ3n) is 9.48. The van der Waals surface area contributed by atoms with Gasteiger partial charge in [-0.25, -0.2) is 4.39 Å². The minimum absolute atomic E-state index is 0.0364. The predicted molar refractivity (Wildman–Crippen MR) is 165 cm³/mol. The van der Waals surface area contributed by atoms with Gasteiger partial charge in [-0.15, -0.1) is 6.42 Å². The highest BCUT2D eigenvalue weighted by atomic mass is 19.1. The van der Waals surface area contributed by atoms with E-state index in [1.54, 1.807) is 11.1 Å². The fourth-order valence-corrected chi connectivity index (χ4v) is 7.29. The minimum Gasteiger partial charge on any atom is -0.461 e. The Labute approximate surface area is 255 Å². The Morgan fingerprint density at radius 3 is 2.59 bits per heavy atom. The Bertz CT molecular complexity index is 1870. The van der Waals surface area contributed by atoms with Crippen molar-refractivity contribution < 1.29 is 9.13 Å². The molecule has 2 aromatic carbocycles. The van der Waals surface area contributed by atoms with Crippen molar-refractivity contribution in [3.05, 3.63) is 54.0 Å². The smallest absolute Gasteiger partial charge is 0.319 e. The van der Waals surface area contributed by atoms with Crippen molar-refractivity contribution in [3.63, 3.8) is 0 Å². The molecule has 2 aromatic heterocycles. The topological polar surface area (TPSA) is 105 Å². The average Bonchev–Trinajstić information content (AvgIpc) is 3.64. The summed E-state index contributed by atoms with van der Waals surface area (Å²) >= 11 is 0. The molecule has 44 heavy (non-hydrogen) atoms. The fraction of sp³-hybridized carbons (Fsp3) is 0.382. The zero-order chi connectivity index (χ0) is 30.3. The molecule has 0 N–H and O–H groups in total. The van der Waals surface area contributed by atoms with Crippen LogP contribution >= 0.6 is 0 Å². The summed E-state index contributed by atoms with van der Waals surface area (Å²) in [5.41, 5.74) is 1.46. The van der Waals surface area contributed by atoms with Crippen LogP contribution in [0, 0.1) is 40.9 Å². The maximum atomic E-state index is 16.7. The number of benzene rings is 2. The molecule has 0 bridgehead atoms. The lowest BCUT2D eigenvalue weighted by Crippen LogP contribution is -2.51. The molecule has 3 saturated heterocycles. The molecule has 1 atom stereocenters. The second-order valence-corrected chi connectivity index (χ2v) is 11.8. The second-order valence-electron chi connectivity index (χ2n) is 11.8. The summed E-state index contributed by atoms with van der Waals surface area (Å²) in [7, 11) is 0. The van der Waals surface area contributed by atoms with Crippen LogP contribution in [0.3, 0.4) is 0 Å². The number of hydrogen-bond donors (Lipinski definition) is 0. The van der Waals surface area contributed by atoms with Crippen molar-refractivity contribution >= 4 is 27.5 Å². The average molecular weight is 587 g/mol. The van der Waals surface area contributed by atoms with Crippen LogP contribution < -0.4 is 9.64 Å².